The standard InChI is InChI=1S/C16H20N2O3/c1-11(19)12-5-7-13(8-6-12)17-16(20)18-9-10-21-15-4-2-3-14(15)18/h5-8,14-15H,2-4,9-10H2,1H3,(H,17,20). The van der Waals surface area contributed by atoms with Gasteiger partial charge in [-0.1, -0.05) is 0 Å². The predicted molar refractivity (Wildman–Crippen MR) is 79.6 cm³/mol. The molecule has 21 heavy (non-hydrogen) atoms. The Kier molecular flexibility index (Phi) is 3.92. The van der Waals surface area contributed by atoms with Gasteiger partial charge in [-0.05, 0) is 50.5 Å². The number of carbonyl (C=O) groups excluding carboxylic acids is 2. The quantitative estimate of drug-likeness (QED) is 0.851. The molecule has 3 rings (SSSR count). The van der Waals surface area contributed by atoms with Gasteiger partial charge in [0.05, 0.1) is 18.8 Å². The van der Waals surface area contributed by atoms with Gasteiger partial charge >= 0.3 is 6.03 Å². The van der Waals surface area contributed by atoms with E-state index in [2.05, 4.69) is 5.32 Å². The van der Waals surface area contributed by atoms with E-state index in [9.17, 15) is 9.59 Å². The highest BCUT2D eigenvalue weighted by atomic mass is 16.5. The molecule has 1 aliphatic heterocycles. The Balaban J connectivity index is 1.66. The number of anilines is 1. The highest BCUT2D eigenvalue weighted by Crippen LogP contribution is 2.30. The number of hydrogen-bond acceptors (Lipinski definition) is 3. The van der Waals surface area contributed by atoms with Crippen molar-refractivity contribution < 1.29 is 14.3 Å². The van der Waals surface area contributed by atoms with E-state index in [0.29, 0.717) is 24.4 Å². The van der Waals surface area contributed by atoms with Crippen molar-refractivity contribution in [3.05, 3.63) is 29.8 Å². The molecule has 1 aromatic carbocycles. The molecule has 5 nitrogen and oxygen atoms in total. The average molecular weight is 288 g/mol. The third kappa shape index (κ3) is 2.93. The van der Waals surface area contributed by atoms with E-state index >= 15 is 0 Å². The number of benzene rings is 1. The number of ether oxygens (including phenoxy) is 1. The van der Waals surface area contributed by atoms with Crippen LogP contribution in [-0.4, -0.2) is 42.0 Å². The molecule has 0 aromatic heterocycles. The zero-order valence-corrected chi connectivity index (χ0v) is 12.2. The van der Waals surface area contributed by atoms with E-state index in [1.165, 1.54) is 6.92 Å². The maximum atomic E-state index is 12.4. The first-order chi connectivity index (χ1) is 10.1. The van der Waals surface area contributed by atoms with Gasteiger partial charge in [0.25, 0.3) is 0 Å². The molecule has 2 amide bonds. The highest BCUT2D eigenvalue weighted by molar-refractivity contribution is 5.95. The van der Waals surface area contributed by atoms with Crippen LogP contribution in [0.25, 0.3) is 0 Å². The number of Topliss-reactive ketones (excluding diaryl/α,β-unsaturated/α-hetero) is 1. The van der Waals surface area contributed by atoms with Gasteiger partial charge < -0.3 is 15.0 Å². The summed E-state index contributed by atoms with van der Waals surface area (Å²) in [6.07, 6.45) is 3.37. The largest absolute Gasteiger partial charge is 0.374 e. The van der Waals surface area contributed by atoms with Crippen LogP contribution in [0.15, 0.2) is 24.3 Å². The molecule has 0 spiro atoms. The monoisotopic (exact) mass is 288 g/mol. The molecule has 2 aliphatic rings. The third-order valence-corrected chi connectivity index (χ3v) is 4.29. The van der Waals surface area contributed by atoms with Gasteiger partial charge in [-0.2, -0.15) is 0 Å². The summed E-state index contributed by atoms with van der Waals surface area (Å²) in [5.41, 5.74) is 1.36. The minimum absolute atomic E-state index is 0.0230. The highest BCUT2D eigenvalue weighted by Gasteiger charge is 2.38. The summed E-state index contributed by atoms with van der Waals surface area (Å²) in [6, 6.07) is 7.12. The van der Waals surface area contributed by atoms with Gasteiger partial charge in [-0.3, -0.25) is 4.79 Å². The lowest BCUT2D eigenvalue weighted by molar-refractivity contribution is -0.0362. The van der Waals surface area contributed by atoms with Crippen molar-refractivity contribution >= 4 is 17.5 Å². The normalized spacial score (nSPS) is 24.5. The topological polar surface area (TPSA) is 58.6 Å². The Bertz CT molecular complexity index is 541. The SMILES string of the molecule is CC(=O)c1ccc(NC(=O)N2CCOC3CCCC32)cc1. The molecule has 1 N–H and O–H groups in total. The zero-order chi connectivity index (χ0) is 14.8. The molecule has 1 saturated carbocycles. The van der Waals surface area contributed by atoms with Gasteiger partial charge in [-0.25, -0.2) is 4.79 Å². The molecule has 1 saturated heterocycles. The summed E-state index contributed by atoms with van der Waals surface area (Å²) >= 11 is 0. The van der Waals surface area contributed by atoms with E-state index in [-0.39, 0.29) is 24.0 Å². The molecular formula is C16H20N2O3. The Morgan fingerprint density at radius 3 is 2.71 bits per heavy atom. The molecule has 0 bridgehead atoms. The van der Waals surface area contributed by atoms with E-state index < -0.39 is 0 Å². The lowest BCUT2D eigenvalue weighted by Gasteiger charge is -2.37. The van der Waals surface area contributed by atoms with Crippen LogP contribution in [0.5, 0.6) is 0 Å². The van der Waals surface area contributed by atoms with Crippen molar-refractivity contribution in [2.75, 3.05) is 18.5 Å². The maximum Gasteiger partial charge on any atom is 0.322 e. The average Bonchev–Trinajstić information content (AvgIpc) is 2.96. The molecular weight excluding hydrogens is 268 g/mol. The lowest BCUT2D eigenvalue weighted by Crippen LogP contribution is -2.52. The minimum Gasteiger partial charge on any atom is -0.374 e. The van der Waals surface area contributed by atoms with Crippen molar-refractivity contribution in [2.45, 2.75) is 38.3 Å². The number of morpholine rings is 1. The van der Waals surface area contributed by atoms with Crippen molar-refractivity contribution in [3.8, 4) is 0 Å². The molecule has 1 heterocycles. The first-order valence-electron chi connectivity index (χ1n) is 7.45. The summed E-state index contributed by atoms with van der Waals surface area (Å²) in [4.78, 5) is 25.6. The van der Waals surface area contributed by atoms with Crippen LogP contribution in [0.3, 0.4) is 0 Å². The number of urea groups is 1. The number of carbonyl (C=O) groups is 2. The van der Waals surface area contributed by atoms with Gasteiger partial charge in [-0.15, -0.1) is 0 Å². The van der Waals surface area contributed by atoms with Crippen molar-refractivity contribution in [2.24, 2.45) is 0 Å². The Labute approximate surface area is 124 Å². The van der Waals surface area contributed by atoms with Crippen molar-refractivity contribution in [1.82, 2.24) is 4.90 Å². The fourth-order valence-corrected chi connectivity index (χ4v) is 3.16. The van der Waals surface area contributed by atoms with E-state index in [1.54, 1.807) is 24.3 Å². The Morgan fingerprint density at radius 1 is 1.24 bits per heavy atom. The Morgan fingerprint density at radius 2 is 2.00 bits per heavy atom. The molecule has 112 valence electrons. The van der Waals surface area contributed by atoms with Gasteiger partial charge in [0.2, 0.25) is 0 Å². The van der Waals surface area contributed by atoms with Crippen LogP contribution in [0.1, 0.15) is 36.5 Å². The van der Waals surface area contributed by atoms with Crippen LogP contribution in [-0.2, 0) is 4.74 Å². The summed E-state index contributed by atoms with van der Waals surface area (Å²) in [5, 5.41) is 2.91. The predicted octanol–water partition coefficient (Wildman–Crippen LogP) is 2.67. The number of rotatable bonds is 2. The van der Waals surface area contributed by atoms with Crippen LogP contribution in [0.2, 0.25) is 0 Å². The van der Waals surface area contributed by atoms with Crippen molar-refractivity contribution in [1.29, 1.82) is 0 Å². The second-order valence-corrected chi connectivity index (χ2v) is 5.66. The smallest absolute Gasteiger partial charge is 0.322 e. The summed E-state index contributed by atoms with van der Waals surface area (Å²) in [7, 11) is 0. The first kappa shape index (κ1) is 14.1. The van der Waals surface area contributed by atoms with E-state index in [1.807, 2.05) is 4.90 Å². The molecule has 1 aliphatic carbocycles. The van der Waals surface area contributed by atoms with Crippen molar-refractivity contribution in [3.63, 3.8) is 0 Å². The van der Waals surface area contributed by atoms with Gasteiger partial charge in [0.1, 0.15) is 0 Å². The molecule has 2 fully saturated rings. The number of ketones is 1. The number of amides is 2. The molecule has 2 atom stereocenters. The second kappa shape index (κ2) is 5.85. The molecule has 0 radical (unpaired) electrons. The second-order valence-electron chi connectivity index (χ2n) is 5.66. The first-order valence-corrected chi connectivity index (χ1v) is 7.45. The number of nitrogens with zero attached hydrogens (tertiary/aromatic N) is 1. The Hall–Kier alpha value is -1.88. The number of hydrogen-bond donors (Lipinski definition) is 1. The zero-order valence-electron chi connectivity index (χ0n) is 12.2. The van der Waals surface area contributed by atoms with Crippen LogP contribution in [0.4, 0.5) is 10.5 Å². The van der Waals surface area contributed by atoms with Gasteiger partial charge in [0.15, 0.2) is 5.78 Å². The van der Waals surface area contributed by atoms with Crippen LogP contribution >= 0.6 is 0 Å². The van der Waals surface area contributed by atoms with Gasteiger partial charge in [0, 0.05) is 17.8 Å². The summed E-state index contributed by atoms with van der Waals surface area (Å²) in [6.45, 7) is 2.78. The van der Waals surface area contributed by atoms with E-state index in [0.717, 1.165) is 19.3 Å². The van der Waals surface area contributed by atoms with Crippen LogP contribution < -0.4 is 5.32 Å². The summed E-state index contributed by atoms with van der Waals surface area (Å²) in [5.74, 6) is 0.0230. The molecule has 2 unspecified atom stereocenters. The summed E-state index contributed by atoms with van der Waals surface area (Å²) < 4.78 is 5.72. The minimum atomic E-state index is -0.0780. The maximum absolute atomic E-state index is 12.4. The fourth-order valence-electron chi connectivity index (χ4n) is 3.16. The lowest BCUT2D eigenvalue weighted by atomic mass is 10.1. The van der Waals surface area contributed by atoms with E-state index in [4.69, 9.17) is 4.74 Å². The molecule has 5 heteroatoms. The fraction of sp³-hybridized carbons (Fsp3) is 0.500. The number of fused-ring (bicyclic) bond motifs is 1. The third-order valence-electron chi connectivity index (χ3n) is 4.29. The molecule has 1 aromatic rings. The van der Waals surface area contributed by atoms with Crippen LogP contribution in [0, 0.1) is 0 Å². The number of nitrogens with one attached hydrogen (secondary N) is 1.